The first-order valence-corrected chi connectivity index (χ1v) is 12.4. The molecular formula is C22H22ClF3N2O4S. The molecule has 11 heteroatoms. The number of piperidine rings is 1. The van der Waals surface area contributed by atoms with E-state index in [2.05, 4.69) is 5.32 Å². The Morgan fingerprint density at radius 3 is 2.21 bits per heavy atom. The van der Waals surface area contributed by atoms with Crippen LogP contribution < -0.4 is 5.32 Å². The maximum atomic E-state index is 13.7. The second-order valence-electron chi connectivity index (χ2n) is 8.94. The lowest BCUT2D eigenvalue weighted by molar-refractivity contribution is -0.0448. The molecule has 178 valence electrons. The SMILES string of the molecule is O=S(=O)(c1cc(C2(Nc3cc(F)c(F)c(F)c3)COC2)ccc1Cl)N1C2CC[C@@H]1CC(O)C2. The van der Waals surface area contributed by atoms with Crippen molar-refractivity contribution in [2.75, 3.05) is 18.5 Å². The Hall–Kier alpha value is -1.85. The third kappa shape index (κ3) is 3.81. The van der Waals surface area contributed by atoms with Crippen LogP contribution in [0.1, 0.15) is 31.2 Å². The number of sulfonamides is 1. The molecule has 0 amide bonds. The number of fused-ring (bicyclic) bond motifs is 2. The van der Waals surface area contributed by atoms with Crippen LogP contribution in [0.4, 0.5) is 18.9 Å². The van der Waals surface area contributed by atoms with Gasteiger partial charge in [-0.15, -0.1) is 0 Å². The van der Waals surface area contributed by atoms with E-state index in [9.17, 15) is 26.7 Å². The first-order chi connectivity index (χ1) is 15.6. The Morgan fingerprint density at radius 2 is 1.67 bits per heavy atom. The number of hydrogen-bond donors (Lipinski definition) is 2. The van der Waals surface area contributed by atoms with Crippen molar-refractivity contribution in [1.29, 1.82) is 0 Å². The van der Waals surface area contributed by atoms with Gasteiger partial charge in [-0.2, -0.15) is 4.31 Å². The molecule has 6 nitrogen and oxygen atoms in total. The molecule has 2 unspecified atom stereocenters. The number of anilines is 1. The zero-order valence-corrected chi connectivity index (χ0v) is 19.0. The smallest absolute Gasteiger partial charge is 0.245 e. The first kappa shape index (κ1) is 22.9. The van der Waals surface area contributed by atoms with Crippen molar-refractivity contribution in [3.05, 3.63) is 58.4 Å². The minimum Gasteiger partial charge on any atom is -0.393 e. The number of rotatable bonds is 5. The molecule has 0 radical (unpaired) electrons. The molecule has 5 rings (SSSR count). The summed E-state index contributed by atoms with van der Waals surface area (Å²) in [6, 6.07) is 5.65. The van der Waals surface area contributed by atoms with Crippen LogP contribution >= 0.6 is 11.6 Å². The number of aliphatic hydroxyl groups excluding tert-OH is 1. The second-order valence-corrected chi connectivity index (χ2v) is 11.2. The van der Waals surface area contributed by atoms with E-state index in [0.717, 1.165) is 12.1 Å². The summed E-state index contributed by atoms with van der Waals surface area (Å²) in [6.45, 7) is 0.214. The maximum Gasteiger partial charge on any atom is 0.245 e. The molecule has 3 aliphatic rings. The average molecular weight is 503 g/mol. The Labute approximate surface area is 194 Å². The molecule has 0 aliphatic carbocycles. The highest BCUT2D eigenvalue weighted by atomic mass is 35.5. The van der Waals surface area contributed by atoms with E-state index in [-0.39, 0.29) is 40.9 Å². The fourth-order valence-electron chi connectivity index (χ4n) is 5.13. The van der Waals surface area contributed by atoms with Gasteiger partial charge in [0.25, 0.3) is 0 Å². The lowest BCUT2D eigenvalue weighted by Gasteiger charge is -2.43. The minimum absolute atomic E-state index is 0.00267. The normalized spacial score (nSPS) is 26.8. The summed E-state index contributed by atoms with van der Waals surface area (Å²) < 4.78 is 74.8. The Balaban J connectivity index is 1.51. The third-order valence-electron chi connectivity index (χ3n) is 6.74. The molecule has 3 saturated heterocycles. The molecule has 0 aromatic heterocycles. The first-order valence-electron chi connectivity index (χ1n) is 10.6. The molecule has 3 fully saturated rings. The van der Waals surface area contributed by atoms with Gasteiger partial charge in [0.1, 0.15) is 10.4 Å². The number of hydrogen-bond acceptors (Lipinski definition) is 5. The number of ether oxygens (including phenoxy) is 1. The highest BCUT2D eigenvalue weighted by Crippen LogP contribution is 2.43. The lowest BCUT2D eigenvalue weighted by Crippen LogP contribution is -2.53. The number of halogens is 4. The van der Waals surface area contributed by atoms with Crippen molar-refractivity contribution in [3.8, 4) is 0 Å². The molecule has 3 atom stereocenters. The van der Waals surface area contributed by atoms with Crippen LogP contribution in [0.5, 0.6) is 0 Å². The van der Waals surface area contributed by atoms with Gasteiger partial charge in [-0.05, 0) is 43.4 Å². The van der Waals surface area contributed by atoms with Crippen LogP contribution in [0.3, 0.4) is 0 Å². The Morgan fingerprint density at radius 1 is 1.06 bits per heavy atom. The Kier molecular flexibility index (Phi) is 5.64. The summed E-state index contributed by atoms with van der Waals surface area (Å²) in [5, 5.41) is 13.1. The van der Waals surface area contributed by atoms with Gasteiger partial charge in [-0.1, -0.05) is 17.7 Å². The molecule has 2 bridgehead atoms. The highest BCUT2D eigenvalue weighted by Gasteiger charge is 2.48. The third-order valence-corrected chi connectivity index (χ3v) is 9.23. The maximum absolute atomic E-state index is 13.7. The van der Waals surface area contributed by atoms with E-state index < -0.39 is 39.1 Å². The quantitative estimate of drug-likeness (QED) is 0.609. The standard InChI is InChI=1S/C22H22ClF3N2O4S/c23-17-4-1-12(22(10-32-11-22)27-13-6-18(24)21(26)19(25)7-13)5-20(17)33(30,31)28-14-2-3-15(28)9-16(29)8-14/h1,4-7,14-16,27,29H,2-3,8-11H2/t14-,15?,16?/m1/s1. The van der Waals surface area contributed by atoms with Crippen LogP contribution in [0, 0.1) is 17.5 Å². The van der Waals surface area contributed by atoms with Crippen molar-refractivity contribution < 1.29 is 31.4 Å². The van der Waals surface area contributed by atoms with E-state index in [1.165, 1.54) is 16.4 Å². The van der Waals surface area contributed by atoms with Crippen LogP contribution in [-0.4, -0.2) is 49.2 Å². The van der Waals surface area contributed by atoms with Gasteiger partial charge in [0.15, 0.2) is 17.5 Å². The minimum atomic E-state index is -3.96. The van der Waals surface area contributed by atoms with Gasteiger partial charge in [0.05, 0.1) is 24.3 Å². The van der Waals surface area contributed by atoms with Crippen molar-refractivity contribution in [2.24, 2.45) is 0 Å². The molecule has 2 aromatic carbocycles. The second kappa shape index (κ2) is 8.13. The predicted octanol–water partition coefficient (Wildman–Crippen LogP) is 3.77. The molecule has 3 heterocycles. The monoisotopic (exact) mass is 502 g/mol. The summed E-state index contributed by atoms with van der Waals surface area (Å²) in [7, 11) is -3.96. The zero-order valence-electron chi connectivity index (χ0n) is 17.4. The topological polar surface area (TPSA) is 78.9 Å². The van der Waals surface area contributed by atoms with Crippen molar-refractivity contribution in [2.45, 2.75) is 54.3 Å². The van der Waals surface area contributed by atoms with E-state index >= 15 is 0 Å². The molecular weight excluding hydrogens is 481 g/mol. The van der Waals surface area contributed by atoms with E-state index in [0.29, 0.717) is 31.2 Å². The van der Waals surface area contributed by atoms with E-state index in [1.807, 2.05) is 0 Å². The summed E-state index contributed by atoms with van der Waals surface area (Å²) >= 11 is 6.33. The Bertz CT molecular complexity index is 1170. The largest absolute Gasteiger partial charge is 0.393 e. The van der Waals surface area contributed by atoms with Gasteiger partial charge in [-0.25, -0.2) is 21.6 Å². The fourth-order valence-corrected chi connectivity index (χ4v) is 7.53. The number of benzene rings is 2. The van der Waals surface area contributed by atoms with Crippen molar-refractivity contribution in [1.82, 2.24) is 4.31 Å². The summed E-state index contributed by atoms with van der Waals surface area (Å²) in [5.41, 5.74) is -0.466. The molecule has 0 saturated carbocycles. The molecule has 33 heavy (non-hydrogen) atoms. The summed E-state index contributed by atoms with van der Waals surface area (Å²) in [4.78, 5) is -0.0699. The number of nitrogens with one attached hydrogen (secondary N) is 1. The lowest BCUT2D eigenvalue weighted by atomic mass is 9.87. The van der Waals surface area contributed by atoms with Gasteiger partial charge < -0.3 is 15.2 Å². The number of nitrogens with zero attached hydrogens (tertiary/aromatic N) is 1. The number of aliphatic hydroxyl groups is 1. The molecule has 2 aromatic rings. The van der Waals surface area contributed by atoms with Crippen LogP contribution in [-0.2, 0) is 20.3 Å². The summed E-state index contributed by atoms with van der Waals surface area (Å²) in [6.07, 6.45) is 1.60. The van der Waals surface area contributed by atoms with Gasteiger partial charge in [-0.3, -0.25) is 0 Å². The van der Waals surface area contributed by atoms with Gasteiger partial charge in [0, 0.05) is 29.9 Å². The van der Waals surface area contributed by atoms with Crippen LogP contribution in [0.15, 0.2) is 35.2 Å². The fraction of sp³-hybridized carbons (Fsp3) is 0.455. The van der Waals surface area contributed by atoms with Crippen LogP contribution in [0.25, 0.3) is 0 Å². The highest BCUT2D eigenvalue weighted by molar-refractivity contribution is 7.89. The molecule has 2 N–H and O–H groups in total. The predicted molar refractivity (Wildman–Crippen MR) is 115 cm³/mol. The summed E-state index contributed by atoms with van der Waals surface area (Å²) in [5.74, 6) is -4.24. The van der Waals surface area contributed by atoms with Gasteiger partial charge >= 0.3 is 0 Å². The molecule has 3 aliphatic heterocycles. The van der Waals surface area contributed by atoms with E-state index in [4.69, 9.17) is 16.3 Å². The van der Waals surface area contributed by atoms with E-state index in [1.54, 1.807) is 6.07 Å². The average Bonchev–Trinajstić information content (AvgIpc) is 3.02. The van der Waals surface area contributed by atoms with Gasteiger partial charge in [0.2, 0.25) is 10.0 Å². The van der Waals surface area contributed by atoms with Crippen LogP contribution in [0.2, 0.25) is 5.02 Å². The molecule has 0 spiro atoms. The van der Waals surface area contributed by atoms with Crippen molar-refractivity contribution in [3.63, 3.8) is 0 Å². The zero-order chi connectivity index (χ0) is 23.5. The van der Waals surface area contributed by atoms with Crippen molar-refractivity contribution >= 4 is 27.3 Å².